The predicted molar refractivity (Wildman–Crippen MR) is 132 cm³/mol. The van der Waals surface area contributed by atoms with Crippen molar-refractivity contribution in [1.29, 1.82) is 0 Å². The quantitative estimate of drug-likeness (QED) is 0.259. The van der Waals surface area contributed by atoms with Gasteiger partial charge in [0.1, 0.15) is 0 Å². The first kappa shape index (κ1) is 22.3. The maximum atomic E-state index is 13.6. The van der Waals surface area contributed by atoms with Gasteiger partial charge in [0.05, 0.1) is 20.0 Å². The number of amides is 1. The van der Waals surface area contributed by atoms with Crippen molar-refractivity contribution in [2.75, 3.05) is 32.1 Å². The highest BCUT2D eigenvalue weighted by molar-refractivity contribution is 7.23. The SMILES string of the molecule is Cc1ccc2sc(N(CCCN(C)C)C(=O)c3cc4cc([N+](=O)[O-])ccc4s3)nc2c1C. The third-order valence-corrected chi connectivity index (χ3v) is 7.61. The number of benzene rings is 2. The van der Waals surface area contributed by atoms with Crippen molar-refractivity contribution < 1.29 is 9.72 Å². The van der Waals surface area contributed by atoms with E-state index in [1.807, 2.05) is 14.1 Å². The third-order valence-electron chi connectivity index (χ3n) is 5.46. The number of aromatic nitrogens is 1. The van der Waals surface area contributed by atoms with Crippen LogP contribution in [-0.2, 0) is 0 Å². The molecule has 4 rings (SSSR count). The van der Waals surface area contributed by atoms with Gasteiger partial charge < -0.3 is 4.90 Å². The zero-order valence-electron chi connectivity index (χ0n) is 18.4. The number of aryl methyl sites for hydroxylation is 2. The number of thiophene rings is 1. The number of anilines is 1. The molecule has 0 saturated heterocycles. The summed E-state index contributed by atoms with van der Waals surface area (Å²) in [6.45, 7) is 5.51. The van der Waals surface area contributed by atoms with Gasteiger partial charge in [-0.2, -0.15) is 0 Å². The fourth-order valence-corrected chi connectivity index (χ4v) is 5.58. The molecule has 7 nitrogen and oxygen atoms in total. The van der Waals surface area contributed by atoms with Crippen LogP contribution in [0.5, 0.6) is 0 Å². The van der Waals surface area contributed by atoms with E-state index < -0.39 is 4.92 Å². The lowest BCUT2D eigenvalue weighted by Gasteiger charge is -2.20. The number of nitro benzene ring substituents is 1. The van der Waals surface area contributed by atoms with Crippen LogP contribution < -0.4 is 4.90 Å². The summed E-state index contributed by atoms with van der Waals surface area (Å²) < 4.78 is 1.91. The van der Waals surface area contributed by atoms with Gasteiger partial charge >= 0.3 is 0 Å². The molecule has 166 valence electrons. The molecule has 0 atom stereocenters. The Hall–Kier alpha value is -2.88. The summed E-state index contributed by atoms with van der Waals surface area (Å²) in [6, 6.07) is 10.6. The molecule has 0 radical (unpaired) electrons. The lowest BCUT2D eigenvalue weighted by atomic mass is 10.1. The monoisotopic (exact) mass is 468 g/mol. The van der Waals surface area contributed by atoms with E-state index in [0.717, 1.165) is 33.4 Å². The first-order chi connectivity index (χ1) is 15.2. The van der Waals surface area contributed by atoms with E-state index in [1.165, 1.54) is 40.4 Å². The van der Waals surface area contributed by atoms with Gasteiger partial charge in [0.15, 0.2) is 5.13 Å². The maximum absolute atomic E-state index is 13.6. The zero-order chi connectivity index (χ0) is 23.0. The normalized spacial score (nSPS) is 11.5. The van der Waals surface area contributed by atoms with Gasteiger partial charge in [-0.1, -0.05) is 17.4 Å². The van der Waals surface area contributed by atoms with Gasteiger partial charge in [0, 0.05) is 28.8 Å². The summed E-state index contributed by atoms with van der Waals surface area (Å²) in [5.41, 5.74) is 3.25. The minimum atomic E-state index is -0.419. The Bertz CT molecular complexity index is 1330. The number of rotatable bonds is 7. The molecule has 32 heavy (non-hydrogen) atoms. The van der Waals surface area contributed by atoms with Crippen LogP contribution in [0.2, 0.25) is 0 Å². The van der Waals surface area contributed by atoms with Crippen LogP contribution in [0.15, 0.2) is 36.4 Å². The number of fused-ring (bicyclic) bond motifs is 2. The Labute approximate surface area is 194 Å². The molecule has 2 aromatic carbocycles. The maximum Gasteiger partial charge on any atom is 0.270 e. The standard InChI is InChI=1S/C23H24N4O3S2/c1-14-6-8-19-21(15(14)2)24-23(32-19)26(11-5-10-25(3)4)22(28)20-13-16-12-17(27(29)30)7-9-18(16)31-20/h6-9,12-13H,5,10-11H2,1-4H3. The molecule has 2 aromatic heterocycles. The average Bonchev–Trinajstić information content (AvgIpc) is 3.37. The van der Waals surface area contributed by atoms with Gasteiger partial charge in [-0.3, -0.25) is 19.8 Å². The number of thiazole rings is 1. The molecule has 9 heteroatoms. The summed E-state index contributed by atoms with van der Waals surface area (Å²) in [5.74, 6) is -0.124. The summed E-state index contributed by atoms with van der Waals surface area (Å²) in [5, 5.41) is 12.5. The molecular formula is C23H24N4O3S2. The van der Waals surface area contributed by atoms with Crippen LogP contribution in [0.1, 0.15) is 27.2 Å². The van der Waals surface area contributed by atoms with E-state index in [1.54, 1.807) is 17.0 Å². The smallest absolute Gasteiger partial charge is 0.270 e. The Morgan fingerprint density at radius 2 is 1.81 bits per heavy atom. The summed E-state index contributed by atoms with van der Waals surface area (Å²) in [6.07, 6.45) is 0.809. The van der Waals surface area contributed by atoms with E-state index in [2.05, 4.69) is 30.9 Å². The van der Waals surface area contributed by atoms with Crippen LogP contribution in [0.3, 0.4) is 0 Å². The van der Waals surface area contributed by atoms with Gasteiger partial charge in [-0.15, -0.1) is 11.3 Å². The van der Waals surface area contributed by atoms with E-state index in [0.29, 0.717) is 21.9 Å². The van der Waals surface area contributed by atoms with Crippen LogP contribution in [0.25, 0.3) is 20.3 Å². The minimum Gasteiger partial charge on any atom is -0.309 e. The molecule has 1 amide bonds. The van der Waals surface area contributed by atoms with Crippen LogP contribution in [0.4, 0.5) is 10.8 Å². The molecule has 0 aliphatic heterocycles. The van der Waals surface area contributed by atoms with Crippen molar-refractivity contribution in [3.8, 4) is 0 Å². The Morgan fingerprint density at radius 3 is 2.53 bits per heavy atom. The van der Waals surface area contributed by atoms with Crippen LogP contribution in [0, 0.1) is 24.0 Å². The molecule has 0 N–H and O–H groups in total. The van der Waals surface area contributed by atoms with Gasteiger partial charge in [-0.05, 0) is 70.2 Å². The van der Waals surface area contributed by atoms with Crippen molar-refractivity contribution in [1.82, 2.24) is 9.88 Å². The second-order valence-electron chi connectivity index (χ2n) is 8.05. The lowest BCUT2D eigenvalue weighted by Crippen LogP contribution is -2.33. The molecule has 0 spiro atoms. The third kappa shape index (κ3) is 4.36. The van der Waals surface area contributed by atoms with Gasteiger partial charge in [-0.25, -0.2) is 4.98 Å². The molecule has 0 aliphatic carbocycles. The van der Waals surface area contributed by atoms with Gasteiger partial charge in [0.25, 0.3) is 11.6 Å². The first-order valence-corrected chi connectivity index (χ1v) is 11.9. The second kappa shape index (κ2) is 8.93. The Kier molecular flexibility index (Phi) is 6.23. The summed E-state index contributed by atoms with van der Waals surface area (Å²) in [4.78, 5) is 33.5. The molecule has 4 aromatic rings. The molecule has 2 heterocycles. The second-order valence-corrected chi connectivity index (χ2v) is 10.1. The molecule has 0 aliphatic rings. The Balaban J connectivity index is 1.73. The van der Waals surface area contributed by atoms with Gasteiger partial charge in [0.2, 0.25) is 0 Å². The van der Waals surface area contributed by atoms with Crippen molar-refractivity contribution >= 4 is 59.7 Å². The largest absolute Gasteiger partial charge is 0.309 e. The highest BCUT2D eigenvalue weighted by atomic mass is 32.1. The fraction of sp³-hybridized carbons (Fsp3) is 0.304. The lowest BCUT2D eigenvalue weighted by molar-refractivity contribution is -0.384. The van der Waals surface area contributed by atoms with Crippen molar-refractivity contribution in [2.45, 2.75) is 20.3 Å². The number of hydrogen-bond acceptors (Lipinski definition) is 7. The summed E-state index contributed by atoms with van der Waals surface area (Å²) >= 11 is 2.87. The minimum absolute atomic E-state index is 0.0224. The van der Waals surface area contributed by atoms with E-state index in [4.69, 9.17) is 4.98 Å². The molecule has 0 bridgehead atoms. The highest BCUT2D eigenvalue weighted by Crippen LogP contribution is 2.35. The highest BCUT2D eigenvalue weighted by Gasteiger charge is 2.24. The molecule has 0 saturated carbocycles. The Morgan fingerprint density at radius 1 is 1.06 bits per heavy atom. The number of non-ortho nitro benzene ring substituents is 1. The van der Waals surface area contributed by atoms with E-state index in [-0.39, 0.29) is 11.6 Å². The number of hydrogen-bond donors (Lipinski definition) is 0. The fourth-order valence-electron chi connectivity index (χ4n) is 3.54. The predicted octanol–water partition coefficient (Wildman–Crippen LogP) is 5.63. The van der Waals surface area contributed by atoms with Crippen molar-refractivity contribution in [3.05, 3.63) is 62.5 Å². The average molecular weight is 469 g/mol. The number of carbonyl (C=O) groups is 1. The van der Waals surface area contributed by atoms with Crippen molar-refractivity contribution in [2.24, 2.45) is 0 Å². The van der Waals surface area contributed by atoms with Crippen LogP contribution >= 0.6 is 22.7 Å². The molecule has 0 fully saturated rings. The van der Waals surface area contributed by atoms with Crippen molar-refractivity contribution in [3.63, 3.8) is 0 Å². The van der Waals surface area contributed by atoms with E-state index >= 15 is 0 Å². The van der Waals surface area contributed by atoms with Crippen LogP contribution in [-0.4, -0.2) is 47.9 Å². The zero-order valence-corrected chi connectivity index (χ0v) is 20.0. The number of nitrogens with zero attached hydrogens (tertiary/aromatic N) is 4. The summed E-state index contributed by atoms with van der Waals surface area (Å²) in [7, 11) is 4.02. The number of nitro groups is 1. The molecule has 0 unspecified atom stereocenters. The topological polar surface area (TPSA) is 79.6 Å². The van der Waals surface area contributed by atoms with E-state index in [9.17, 15) is 14.9 Å². The molecular weight excluding hydrogens is 444 g/mol. The number of carbonyl (C=O) groups excluding carboxylic acids is 1. The first-order valence-electron chi connectivity index (χ1n) is 10.3.